The van der Waals surface area contributed by atoms with Gasteiger partial charge in [0.15, 0.2) is 0 Å². The maximum atomic E-state index is 9.79. The van der Waals surface area contributed by atoms with E-state index in [2.05, 4.69) is 72.2 Å². The van der Waals surface area contributed by atoms with E-state index in [0.717, 1.165) is 25.9 Å². The molecule has 2 atom stereocenters. The lowest BCUT2D eigenvalue weighted by Crippen LogP contribution is -2.51. The Morgan fingerprint density at radius 3 is 1.50 bits per heavy atom. The summed E-state index contributed by atoms with van der Waals surface area (Å²) in [7, 11) is 0. The number of β-amino-alcohol motifs (C(OH)–C–C–N with tert-alkyl or cyclic N) is 2. The molecule has 1 fully saturated rings. The van der Waals surface area contributed by atoms with E-state index in [1.807, 2.05) is 0 Å². The number of aliphatic hydroxyl groups is 2. The van der Waals surface area contributed by atoms with Crippen molar-refractivity contribution in [1.29, 1.82) is 0 Å². The van der Waals surface area contributed by atoms with Crippen LogP contribution in [0.3, 0.4) is 0 Å². The van der Waals surface area contributed by atoms with Gasteiger partial charge in [-0.1, -0.05) is 62.4 Å². The van der Waals surface area contributed by atoms with Crippen LogP contribution >= 0.6 is 0 Å². The summed E-state index contributed by atoms with van der Waals surface area (Å²) < 4.78 is 0. The number of piperazine rings is 1. The van der Waals surface area contributed by atoms with E-state index in [4.69, 9.17) is 0 Å². The molecule has 0 spiro atoms. The predicted molar refractivity (Wildman–Crippen MR) is 114 cm³/mol. The van der Waals surface area contributed by atoms with Crippen LogP contribution in [0.1, 0.15) is 48.2 Å². The van der Waals surface area contributed by atoms with Crippen molar-refractivity contribution in [2.45, 2.75) is 38.8 Å². The number of benzene rings is 2. The van der Waals surface area contributed by atoms with Crippen LogP contribution in [0.25, 0.3) is 0 Å². The van der Waals surface area contributed by atoms with Crippen LogP contribution in [0.4, 0.5) is 0 Å². The second-order valence-corrected chi connectivity index (χ2v) is 7.67. The summed E-state index contributed by atoms with van der Waals surface area (Å²) in [5.74, 6) is 0. The molecule has 2 aromatic rings. The fourth-order valence-electron chi connectivity index (χ4n) is 4.29. The third-order valence-corrected chi connectivity index (χ3v) is 5.98. The summed E-state index contributed by atoms with van der Waals surface area (Å²) in [6.07, 6.45) is 2.07. The van der Waals surface area contributed by atoms with Gasteiger partial charge in [-0.2, -0.15) is 0 Å². The van der Waals surface area contributed by atoms with E-state index in [1.54, 1.807) is 0 Å². The van der Waals surface area contributed by atoms with E-state index in [9.17, 15) is 10.2 Å². The minimum atomic E-state index is 0.146. The first kappa shape index (κ1) is 21.0. The Labute approximate surface area is 169 Å². The van der Waals surface area contributed by atoms with Crippen molar-refractivity contribution in [3.8, 4) is 0 Å². The number of aliphatic hydroxyl groups excluding tert-OH is 2. The lowest BCUT2D eigenvalue weighted by atomic mass is 9.93. The highest BCUT2D eigenvalue weighted by Crippen LogP contribution is 2.36. The van der Waals surface area contributed by atoms with E-state index in [-0.39, 0.29) is 25.3 Å². The Morgan fingerprint density at radius 2 is 1.14 bits per heavy atom. The Morgan fingerprint density at radius 1 is 0.714 bits per heavy atom. The van der Waals surface area contributed by atoms with Gasteiger partial charge in [0.25, 0.3) is 0 Å². The molecule has 1 aliphatic rings. The summed E-state index contributed by atoms with van der Waals surface area (Å²) in [5, 5.41) is 19.3. The third kappa shape index (κ3) is 4.81. The van der Waals surface area contributed by atoms with Gasteiger partial charge in [-0.25, -0.2) is 0 Å². The van der Waals surface area contributed by atoms with Gasteiger partial charge in [-0.15, -0.1) is 0 Å². The number of aryl methyl sites for hydroxylation is 2. The molecule has 0 aliphatic carbocycles. The standard InChI is InChI=1S/C24H34N2O2/c1-3-19-5-9-21(10-6-19)23-17-25(13-15-27)18-24(26(23)14-16-28)22-11-7-20(4-2)8-12-22/h5-12,23-24,27-28H,3-4,13-18H2,1-2H3. The molecule has 3 rings (SSSR count). The first-order valence-electron chi connectivity index (χ1n) is 10.6. The quantitative estimate of drug-likeness (QED) is 0.736. The maximum Gasteiger partial charge on any atom is 0.0558 e. The maximum absolute atomic E-state index is 9.79. The van der Waals surface area contributed by atoms with Crippen molar-refractivity contribution >= 4 is 0 Å². The van der Waals surface area contributed by atoms with Gasteiger partial charge in [0.1, 0.15) is 0 Å². The number of rotatable bonds is 8. The van der Waals surface area contributed by atoms with Gasteiger partial charge in [-0.3, -0.25) is 9.80 Å². The molecule has 0 bridgehead atoms. The normalized spacial score (nSPS) is 21.1. The first-order valence-corrected chi connectivity index (χ1v) is 10.6. The largest absolute Gasteiger partial charge is 0.395 e. The highest BCUT2D eigenvalue weighted by molar-refractivity contribution is 5.29. The highest BCUT2D eigenvalue weighted by Gasteiger charge is 2.35. The lowest BCUT2D eigenvalue weighted by molar-refractivity contribution is 0.00436. The van der Waals surface area contributed by atoms with Crippen molar-refractivity contribution in [2.24, 2.45) is 0 Å². The molecule has 2 aromatic carbocycles. The van der Waals surface area contributed by atoms with Crippen LogP contribution in [0, 0.1) is 0 Å². The molecule has 28 heavy (non-hydrogen) atoms. The summed E-state index contributed by atoms with van der Waals surface area (Å²) in [5.41, 5.74) is 5.24. The van der Waals surface area contributed by atoms with Gasteiger partial charge in [-0.05, 0) is 35.1 Å². The Balaban J connectivity index is 1.94. The van der Waals surface area contributed by atoms with Crippen molar-refractivity contribution < 1.29 is 10.2 Å². The van der Waals surface area contributed by atoms with E-state index >= 15 is 0 Å². The monoisotopic (exact) mass is 382 g/mol. The van der Waals surface area contributed by atoms with E-state index in [1.165, 1.54) is 22.3 Å². The van der Waals surface area contributed by atoms with Gasteiger partial charge < -0.3 is 10.2 Å². The second kappa shape index (κ2) is 10.2. The molecule has 1 aliphatic heterocycles. The molecule has 0 radical (unpaired) electrons. The van der Waals surface area contributed by atoms with Crippen LogP contribution < -0.4 is 0 Å². The molecule has 1 saturated heterocycles. The molecule has 152 valence electrons. The summed E-state index contributed by atoms with van der Waals surface area (Å²) in [4.78, 5) is 4.79. The van der Waals surface area contributed by atoms with Crippen molar-refractivity contribution in [3.63, 3.8) is 0 Å². The molecular formula is C24H34N2O2. The van der Waals surface area contributed by atoms with Crippen molar-refractivity contribution in [3.05, 3.63) is 70.8 Å². The fourth-order valence-corrected chi connectivity index (χ4v) is 4.29. The second-order valence-electron chi connectivity index (χ2n) is 7.67. The smallest absolute Gasteiger partial charge is 0.0558 e. The number of hydrogen-bond acceptors (Lipinski definition) is 4. The first-order chi connectivity index (χ1) is 13.7. The average molecular weight is 383 g/mol. The summed E-state index contributed by atoms with van der Waals surface area (Å²) >= 11 is 0. The molecule has 4 heteroatoms. The molecule has 2 N–H and O–H groups in total. The lowest BCUT2D eigenvalue weighted by Gasteiger charge is -2.47. The molecule has 2 unspecified atom stereocenters. The number of nitrogens with zero attached hydrogens (tertiary/aromatic N) is 2. The molecular weight excluding hydrogens is 348 g/mol. The SMILES string of the molecule is CCc1ccc(C2CN(CCO)CC(c3ccc(CC)cc3)N2CCO)cc1. The van der Waals surface area contributed by atoms with Gasteiger partial charge in [0.05, 0.1) is 13.2 Å². The Bertz CT molecular complexity index is 657. The summed E-state index contributed by atoms with van der Waals surface area (Å²) in [6.45, 7) is 7.73. The van der Waals surface area contributed by atoms with Crippen molar-refractivity contribution in [2.75, 3.05) is 39.4 Å². The average Bonchev–Trinajstić information content (AvgIpc) is 2.75. The third-order valence-electron chi connectivity index (χ3n) is 5.98. The Hall–Kier alpha value is -1.72. The predicted octanol–water partition coefficient (Wildman–Crippen LogP) is 3.20. The molecule has 4 nitrogen and oxygen atoms in total. The molecule has 0 saturated carbocycles. The number of hydrogen-bond donors (Lipinski definition) is 2. The van der Waals surface area contributed by atoms with Crippen LogP contribution in [0.15, 0.2) is 48.5 Å². The van der Waals surface area contributed by atoms with Crippen LogP contribution in [0.5, 0.6) is 0 Å². The zero-order valence-electron chi connectivity index (χ0n) is 17.2. The minimum absolute atomic E-state index is 0.146. The fraction of sp³-hybridized carbons (Fsp3) is 0.500. The zero-order valence-corrected chi connectivity index (χ0v) is 17.2. The van der Waals surface area contributed by atoms with E-state index < -0.39 is 0 Å². The van der Waals surface area contributed by atoms with Gasteiger partial charge in [0, 0.05) is 38.3 Å². The van der Waals surface area contributed by atoms with Crippen LogP contribution in [0.2, 0.25) is 0 Å². The topological polar surface area (TPSA) is 46.9 Å². The molecule has 1 heterocycles. The molecule has 0 aromatic heterocycles. The summed E-state index contributed by atoms with van der Waals surface area (Å²) in [6, 6.07) is 18.2. The van der Waals surface area contributed by atoms with Crippen molar-refractivity contribution in [1.82, 2.24) is 9.80 Å². The minimum Gasteiger partial charge on any atom is -0.395 e. The van der Waals surface area contributed by atoms with Gasteiger partial charge >= 0.3 is 0 Å². The Kier molecular flexibility index (Phi) is 7.63. The molecule has 0 amide bonds. The highest BCUT2D eigenvalue weighted by atomic mass is 16.3. The van der Waals surface area contributed by atoms with E-state index in [0.29, 0.717) is 13.1 Å². The van der Waals surface area contributed by atoms with Crippen LogP contribution in [-0.2, 0) is 12.8 Å². The van der Waals surface area contributed by atoms with Gasteiger partial charge in [0.2, 0.25) is 0 Å². The zero-order chi connectivity index (χ0) is 19.9. The van der Waals surface area contributed by atoms with Crippen LogP contribution in [-0.4, -0.2) is 59.4 Å².